The van der Waals surface area contributed by atoms with E-state index in [9.17, 15) is 14.7 Å². The van der Waals surface area contributed by atoms with E-state index in [-0.39, 0.29) is 30.3 Å². The lowest BCUT2D eigenvalue weighted by Gasteiger charge is -2.24. The number of phenolic OH excluding ortho intramolecular Hbond substituents is 1. The molecule has 2 aliphatic heterocycles. The van der Waals surface area contributed by atoms with Crippen molar-refractivity contribution in [1.29, 1.82) is 0 Å². The van der Waals surface area contributed by atoms with Crippen LogP contribution in [0.2, 0.25) is 5.02 Å². The third-order valence-corrected chi connectivity index (χ3v) is 6.72. The van der Waals surface area contributed by atoms with Crippen molar-refractivity contribution in [2.45, 2.75) is 19.9 Å². The largest absolute Gasteiger partial charge is 0.507 e. The molecule has 1 N–H and O–H groups in total. The summed E-state index contributed by atoms with van der Waals surface area (Å²) >= 11 is 7.22. The number of esters is 1. The fourth-order valence-electron chi connectivity index (χ4n) is 3.97. The molecule has 3 aromatic rings. The van der Waals surface area contributed by atoms with Gasteiger partial charge in [-0.25, -0.2) is 9.79 Å². The van der Waals surface area contributed by atoms with Gasteiger partial charge in [0.1, 0.15) is 5.75 Å². The first-order valence-electron chi connectivity index (χ1n) is 10.4. The van der Waals surface area contributed by atoms with E-state index >= 15 is 0 Å². The molecule has 174 valence electrons. The van der Waals surface area contributed by atoms with E-state index in [1.54, 1.807) is 50.3 Å². The summed E-state index contributed by atoms with van der Waals surface area (Å²) in [5.74, 6) is 0.562. The zero-order chi connectivity index (χ0) is 24.0. The molecule has 0 unspecified atom stereocenters. The Labute approximate surface area is 202 Å². The number of carbonyl (C=O) groups excluding carboxylic acids is 1. The molecule has 34 heavy (non-hydrogen) atoms. The summed E-state index contributed by atoms with van der Waals surface area (Å²) in [5, 5.41) is 10.6. The molecule has 10 heteroatoms. The number of hydrogen-bond acceptors (Lipinski definition) is 8. The smallest absolute Gasteiger partial charge is 0.338 e. The topological polar surface area (TPSA) is 99.4 Å². The summed E-state index contributed by atoms with van der Waals surface area (Å²) in [6.45, 7) is 3.72. The van der Waals surface area contributed by atoms with E-state index in [4.69, 9.17) is 25.8 Å². The van der Waals surface area contributed by atoms with Gasteiger partial charge in [0.2, 0.25) is 6.79 Å². The Morgan fingerprint density at radius 3 is 2.88 bits per heavy atom. The van der Waals surface area contributed by atoms with Gasteiger partial charge in [0.25, 0.3) is 5.56 Å². The highest BCUT2D eigenvalue weighted by molar-refractivity contribution is 7.07. The molecule has 0 bridgehead atoms. The maximum absolute atomic E-state index is 13.6. The van der Waals surface area contributed by atoms with Crippen molar-refractivity contribution in [3.63, 3.8) is 0 Å². The average molecular weight is 499 g/mol. The lowest BCUT2D eigenvalue weighted by Crippen LogP contribution is -2.39. The Kier molecular flexibility index (Phi) is 5.66. The molecule has 3 heterocycles. The first-order valence-corrected chi connectivity index (χ1v) is 11.6. The SMILES string of the molecule is CCOC(=O)C1=C(C)N=c2s/c(=C\c3cc(Cl)ccc3O)c(=O)n2[C@H]1c1ccc2c(c1)OCO2. The van der Waals surface area contributed by atoms with Crippen molar-refractivity contribution in [2.24, 2.45) is 4.99 Å². The molecule has 5 rings (SSSR count). The molecule has 0 spiro atoms. The zero-order valence-electron chi connectivity index (χ0n) is 18.2. The number of rotatable bonds is 4. The Morgan fingerprint density at radius 2 is 2.09 bits per heavy atom. The van der Waals surface area contributed by atoms with E-state index in [0.29, 0.717) is 42.7 Å². The quantitative estimate of drug-likeness (QED) is 0.555. The number of fused-ring (bicyclic) bond motifs is 2. The van der Waals surface area contributed by atoms with Crippen LogP contribution in [0.4, 0.5) is 0 Å². The molecule has 0 radical (unpaired) electrons. The number of halogens is 1. The Balaban J connectivity index is 1.74. The van der Waals surface area contributed by atoms with Gasteiger partial charge >= 0.3 is 5.97 Å². The van der Waals surface area contributed by atoms with Crippen molar-refractivity contribution in [3.8, 4) is 17.2 Å². The van der Waals surface area contributed by atoms with Crippen molar-refractivity contribution in [3.05, 3.63) is 83.5 Å². The van der Waals surface area contributed by atoms with Crippen molar-refractivity contribution >= 4 is 35.0 Å². The van der Waals surface area contributed by atoms with E-state index < -0.39 is 12.0 Å². The number of ether oxygens (including phenoxy) is 3. The number of hydrogen-bond donors (Lipinski definition) is 1. The highest BCUT2D eigenvalue weighted by Gasteiger charge is 2.34. The highest BCUT2D eigenvalue weighted by Crippen LogP contribution is 2.38. The summed E-state index contributed by atoms with van der Waals surface area (Å²) in [6.07, 6.45) is 1.56. The highest BCUT2D eigenvalue weighted by atomic mass is 35.5. The van der Waals surface area contributed by atoms with Crippen LogP contribution in [0.3, 0.4) is 0 Å². The number of phenols is 1. The van der Waals surface area contributed by atoms with Crippen LogP contribution in [0.15, 0.2) is 57.5 Å². The van der Waals surface area contributed by atoms with Crippen LogP contribution in [0.5, 0.6) is 17.2 Å². The summed E-state index contributed by atoms with van der Waals surface area (Å²) in [5.41, 5.74) is 1.42. The van der Waals surface area contributed by atoms with Gasteiger partial charge in [-0.1, -0.05) is 29.0 Å². The third-order valence-electron chi connectivity index (χ3n) is 5.51. The van der Waals surface area contributed by atoms with E-state index in [1.807, 2.05) is 0 Å². The molecule has 2 aliphatic rings. The molecule has 0 amide bonds. The van der Waals surface area contributed by atoms with Gasteiger partial charge in [0, 0.05) is 10.6 Å². The van der Waals surface area contributed by atoms with Gasteiger partial charge in [-0.2, -0.15) is 0 Å². The minimum atomic E-state index is -0.778. The van der Waals surface area contributed by atoms with Gasteiger partial charge in [0.05, 0.1) is 28.5 Å². The lowest BCUT2D eigenvalue weighted by atomic mass is 9.95. The summed E-state index contributed by atoms with van der Waals surface area (Å²) in [6, 6.07) is 9.10. The zero-order valence-corrected chi connectivity index (χ0v) is 19.8. The van der Waals surface area contributed by atoms with Crippen LogP contribution in [0, 0.1) is 0 Å². The third kappa shape index (κ3) is 3.76. The van der Waals surface area contributed by atoms with Crippen LogP contribution in [-0.2, 0) is 9.53 Å². The number of allylic oxidation sites excluding steroid dienone is 1. The number of carbonyl (C=O) groups is 1. The van der Waals surface area contributed by atoms with Crippen LogP contribution >= 0.6 is 22.9 Å². The Morgan fingerprint density at radius 1 is 1.29 bits per heavy atom. The molecule has 0 saturated carbocycles. The van der Waals surface area contributed by atoms with Crippen LogP contribution < -0.4 is 24.4 Å². The van der Waals surface area contributed by atoms with Gasteiger partial charge in [-0.15, -0.1) is 0 Å². The number of aromatic nitrogens is 1. The molecular formula is C24H19ClN2O6S. The Hall–Kier alpha value is -3.56. The second-order valence-corrected chi connectivity index (χ2v) is 9.06. The van der Waals surface area contributed by atoms with Crippen molar-refractivity contribution in [2.75, 3.05) is 13.4 Å². The van der Waals surface area contributed by atoms with E-state index in [1.165, 1.54) is 10.6 Å². The van der Waals surface area contributed by atoms with Crippen LogP contribution in [0.1, 0.15) is 31.0 Å². The van der Waals surface area contributed by atoms with E-state index in [0.717, 1.165) is 11.3 Å². The normalized spacial score (nSPS) is 16.9. The second kappa shape index (κ2) is 8.66. The molecule has 1 aromatic heterocycles. The molecule has 8 nitrogen and oxygen atoms in total. The summed E-state index contributed by atoms with van der Waals surface area (Å²) in [7, 11) is 0. The lowest BCUT2D eigenvalue weighted by molar-refractivity contribution is -0.139. The number of nitrogens with zero attached hydrogens (tertiary/aromatic N) is 2. The molecule has 1 atom stereocenters. The summed E-state index contributed by atoms with van der Waals surface area (Å²) < 4.78 is 18.0. The summed E-state index contributed by atoms with van der Waals surface area (Å²) in [4.78, 5) is 31.5. The van der Waals surface area contributed by atoms with Crippen LogP contribution in [-0.4, -0.2) is 29.0 Å². The average Bonchev–Trinajstić information content (AvgIpc) is 3.39. The standard InChI is InChI=1S/C24H19ClN2O6S/c1-3-31-23(30)20-12(2)26-24-27(21(20)13-4-7-17-18(9-13)33-11-32-17)22(29)19(34-24)10-14-8-15(25)5-6-16(14)28/h4-10,21,28H,3,11H2,1-2H3/b19-10-/t21-/m0/s1. The first-order chi connectivity index (χ1) is 16.4. The molecule has 0 saturated heterocycles. The van der Waals surface area contributed by atoms with Crippen LogP contribution in [0.25, 0.3) is 6.08 Å². The minimum Gasteiger partial charge on any atom is -0.507 e. The number of thiazole rings is 1. The van der Waals surface area contributed by atoms with Crippen molar-refractivity contribution in [1.82, 2.24) is 4.57 Å². The van der Waals surface area contributed by atoms with Gasteiger partial charge < -0.3 is 19.3 Å². The molecule has 2 aromatic carbocycles. The maximum Gasteiger partial charge on any atom is 0.338 e. The molecule has 0 aliphatic carbocycles. The van der Waals surface area contributed by atoms with Gasteiger partial charge in [-0.3, -0.25) is 9.36 Å². The fraction of sp³-hybridized carbons (Fsp3) is 0.208. The second-order valence-electron chi connectivity index (χ2n) is 7.62. The minimum absolute atomic E-state index is 0.00838. The first kappa shape index (κ1) is 22.2. The van der Waals surface area contributed by atoms with E-state index in [2.05, 4.69) is 4.99 Å². The van der Waals surface area contributed by atoms with Gasteiger partial charge in [-0.05, 0) is 55.8 Å². The van der Waals surface area contributed by atoms with Crippen molar-refractivity contribution < 1.29 is 24.1 Å². The molecule has 0 fully saturated rings. The number of aromatic hydroxyl groups is 1. The predicted octanol–water partition coefficient (Wildman–Crippen LogP) is 2.89. The maximum atomic E-state index is 13.6. The predicted molar refractivity (Wildman–Crippen MR) is 126 cm³/mol. The monoisotopic (exact) mass is 498 g/mol. The Bertz CT molecular complexity index is 1540. The molecular weight excluding hydrogens is 480 g/mol. The van der Waals surface area contributed by atoms with Gasteiger partial charge in [0.15, 0.2) is 16.3 Å². The number of benzene rings is 2. The fourth-order valence-corrected chi connectivity index (χ4v) is 5.19.